The normalized spacial score (nSPS) is 9.96. The molecule has 27 heavy (non-hydrogen) atoms. The lowest BCUT2D eigenvalue weighted by Gasteiger charge is -2.11. The highest BCUT2D eigenvalue weighted by Crippen LogP contribution is 2.24. The quantitative estimate of drug-likeness (QED) is 0.399. The van der Waals surface area contributed by atoms with E-state index < -0.39 is 10.8 Å². The Kier molecular flexibility index (Phi) is 7.21. The maximum Gasteiger partial charge on any atom is 0.288 e. The molecule has 0 bridgehead atoms. The van der Waals surface area contributed by atoms with E-state index in [0.29, 0.717) is 6.42 Å². The van der Waals surface area contributed by atoms with Gasteiger partial charge in [-0.25, -0.2) is 0 Å². The van der Waals surface area contributed by atoms with E-state index in [1.807, 2.05) is 30.3 Å². The van der Waals surface area contributed by atoms with Crippen LogP contribution >= 0.6 is 23.8 Å². The van der Waals surface area contributed by atoms with E-state index in [1.165, 1.54) is 12.1 Å². The van der Waals surface area contributed by atoms with E-state index in [0.717, 1.165) is 11.6 Å². The smallest absolute Gasteiger partial charge is 0.288 e. The van der Waals surface area contributed by atoms with Crippen LogP contribution in [0, 0.1) is 10.1 Å². The number of benzene rings is 2. The molecular weight excluding hydrogens is 392 g/mol. The Bertz CT molecular complexity index is 876. The summed E-state index contributed by atoms with van der Waals surface area (Å²) in [6, 6.07) is 13.1. The number of carbonyl (C=O) groups excluding carboxylic acids is 2. The molecule has 0 saturated heterocycles. The molecule has 8 nitrogen and oxygen atoms in total. The molecule has 0 radical (unpaired) electrons. The Labute approximate surface area is 165 Å². The van der Waals surface area contributed by atoms with Crippen LogP contribution in [-0.2, 0) is 11.2 Å². The molecule has 0 heterocycles. The minimum absolute atomic E-state index is 0.0109. The molecule has 2 aromatic carbocycles. The molecule has 0 fully saturated rings. The third kappa shape index (κ3) is 6.32. The van der Waals surface area contributed by atoms with E-state index in [2.05, 4.69) is 16.2 Å². The topological polar surface area (TPSA) is 113 Å². The average molecular weight is 407 g/mol. The Morgan fingerprint density at radius 1 is 1.11 bits per heavy atom. The van der Waals surface area contributed by atoms with Crippen LogP contribution < -0.4 is 16.2 Å². The number of hydrogen-bond acceptors (Lipinski definition) is 5. The summed E-state index contributed by atoms with van der Waals surface area (Å²) in [6.07, 6.45) is 0.777. The van der Waals surface area contributed by atoms with Crippen molar-refractivity contribution < 1.29 is 14.5 Å². The fraction of sp³-hybridized carbons (Fsp3) is 0.118. The molecule has 2 amide bonds. The molecule has 0 spiro atoms. The number of hydrogen-bond donors (Lipinski definition) is 3. The molecule has 0 aliphatic carbocycles. The number of rotatable bonds is 5. The molecule has 0 aromatic heterocycles. The van der Waals surface area contributed by atoms with Crippen LogP contribution in [0.15, 0.2) is 48.5 Å². The lowest BCUT2D eigenvalue weighted by molar-refractivity contribution is -0.384. The third-order valence-corrected chi connectivity index (χ3v) is 3.95. The van der Waals surface area contributed by atoms with Gasteiger partial charge in [-0.3, -0.25) is 30.6 Å². The maximum absolute atomic E-state index is 12.0. The standard InChI is InChI=1S/C17H15ClN4O4S/c18-13-8-7-12(10-14(13)22(25)26)16(24)20-21-17(27)19-15(23)9-6-11-4-2-1-3-5-11/h1-5,7-8,10H,6,9H2,(H,20,24)(H2,19,21,23,27). The Balaban J connectivity index is 1.81. The first-order valence-corrected chi connectivity index (χ1v) is 8.53. The fourth-order valence-electron chi connectivity index (χ4n) is 2.10. The van der Waals surface area contributed by atoms with E-state index >= 15 is 0 Å². The van der Waals surface area contributed by atoms with Gasteiger partial charge in [0.1, 0.15) is 5.02 Å². The number of nitro groups is 1. The van der Waals surface area contributed by atoms with Gasteiger partial charge in [-0.2, -0.15) is 0 Å². The number of hydrazine groups is 1. The summed E-state index contributed by atoms with van der Waals surface area (Å²) in [6.45, 7) is 0. The number of halogens is 1. The SMILES string of the molecule is O=C(CCc1ccccc1)NC(=S)NNC(=O)c1ccc(Cl)c([N+](=O)[O-])c1. The third-order valence-electron chi connectivity index (χ3n) is 3.43. The van der Waals surface area contributed by atoms with Crippen LogP contribution in [0.4, 0.5) is 5.69 Å². The van der Waals surface area contributed by atoms with Crippen molar-refractivity contribution in [2.45, 2.75) is 12.8 Å². The van der Waals surface area contributed by atoms with Gasteiger partial charge in [-0.05, 0) is 36.3 Å². The molecule has 140 valence electrons. The lowest BCUT2D eigenvalue weighted by atomic mass is 10.1. The first-order valence-electron chi connectivity index (χ1n) is 7.75. The minimum atomic E-state index is -0.690. The molecule has 0 saturated carbocycles. The minimum Gasteiger partial charge on any atom is -0.302 e. The zero-order valence-electron chi connectivity index (χ0n) is 13.9. The highest BCUT2D eigenvalue weighted by atomic mass is 35.5. The molecule has 2 rings (SSSR count). The molecule has 0 unspecified atom stereocenters. The summed E-state index contributed by atoms with van der Waals surface area (Å²) >= 11 is 10.6. The van der Waals surface area contributed by atoms with Crippen molar-refractivity contribution in [1.29, 1.82) is 0 Å². The van der Waals surface area contributed by atoms with Gasteiger partial charge >= 0.3 is 0 Å². The molecular formula is C17H15ClN4O4S. The van der Waals surface area contributed by atoms with Crippen molar-refractivity contribution in [2.75, 3.05) is 0 Å². The zero-order chi connectivity index (χ0) is 19.8. The first kappa shape index (κ1) is 20.3. The Morgan fingerprint density at radius 3 is 2.48 bits per heavy atom. The maximum atomic E-state index is 12.0. The van der Waals surface area contributed by atoms with Crippen LogP contribution in [-0.4, -0.2) is 21.9 Å². The monoisotopic (exact) mass is 406 g/mol. The van der Waals surface area contributed by atoms with Crippen molar-refractivity contribution in [2.24, 2.45) is 0 Å². The highest BCUT2D eigenvalue weighted by molar-refractivity contribution is 7.80. The van der Waals surface area contributed by atoms with Crippen molar-refractivity contribution in [3.05, 3.63) is 74.8 Å². The second-order valence-electron chi connectivity index (χ2n) is 5.37. The molecule has 0 aliphatic rings. The van der Waals surface area contributed by atoms with Gasteiger partial charge in [-0.15, -0.1) is 0 Å². The number of aryl methyl sites for hydroxylation is 1. The average Bonchev–Trinajstić information content (AvgIpc) is 2.65. The van der Waals surface area contributed by atoms with Gasteiger partial charge in [0.25, 0.3) is 11.6 Å². The molecule has 0 aliphatic heterocycles. The van der Waals surface area contributed by atoms with Crippen molar-refractivity contribution in [1.82, 2.24) is 16.2 Å². The number of amides is 2. The van der Waals surface area contributed by atoms with E-state index in [-0.39, 0.29) is 33.7 Å². The highest BCUT2D eigenvalue weighted by Gasteiger charge is 2.16. The van der Waals surface area contributed by atoms with Crippen molar-refractivity contribution in [3.63, 3.8) is 0 Å². The summed E-state index contributed by atoms with van der Waals surface area (Å²) in [4.78, 5) is 34.0. The second kappa shape index (κ2) is 9.60. The number of nitrogens with zero attached hydrogens (tertiary/aromatic N) is 1. The molecule has 0 atom stereocenters. The summed E-state index contributed by atoms with van der Waals surface area (Å²) in [5.74, 6) is -0.983. The van der Waals surface area contributed by atoms with Crippen LogP contribution in [0.1, 0.15) is 22.3 Å². The molecule has 10 heteroatoms. The van der Waals surface area contributed by atoms with Crippen LogP contribution in [0.2, 0.25) is 5.02 Å². The van der Waals surface area contributed by atoms with Crippen molar-refractivity contribution >= 4 is 46.4 Å². The van der Waals surface area contributed by atoms with E-state index in [4.69, 9.17) is 23.8 Å². The summed E-state index contributed by atoms with van der Waals surface area (Å²) < 4.78 is 0. The number of nitro benzene ring substituents is 1. The molecule has 2 aromatic rings. The summed E-state index contributed by atoms with van der Waals surface area (Å²) in [5.41, 5.74) is 5.26. The van der Waals surface area contributed by atoms with Gasteiger partial charge in [0.2, 0.25) is 5.91 Å². The zero-order valence-corrected chi connectivity index (χ0v) is 15.5. The van der Waals surface area contributed by atoms with Gasteiger partial charge in [0.15, 0.2) is 5.11 Å². The summed E-state index contributed by atoms with van der Waals surface area (Å²) in [7, 11) is 0. The predicted molar refractivity (Wildman–Crippen MR) is 104 cm³/mol. The number of nitrogens with one attached hydrogen (secondary N) is 3. The lowest BCUT2D eigenvalue weighted by Crippen LogP contribution is -2.48. The second-order valence-corrected chi connectivity index (χ2v) is 6.18. The largest absolute Gasteiger partial charge is 0.302 e. The van der Waals surface area contributed by atoms with Gasteiger partial charge < -0.3 is 5.32 Å². The van der Waals surface area contributed by atoms with Crippen LogP contribution in [0.3, 0.4) is 0 Å². The summed E-state index contributed by atoms with van der Waals surface area (Å²) in [5, 5.41) is 13.1. The fourth-order valence-corrected chi connectivity index (χ4v) is 2.45. The van der Waals surface area contributed by atoms with Gasteiger partial charge in [0, 0.05) is 18.1 Å². The number of thiocarbonyl (C=S) groups is 1. The van der Waals surface area contributed by atoms with Crippen LogP contribution in [0.5, 0.6) is 0 Å². The van der Waals surface area contributed by atoms with Gasteiger partial charge in [0.05, 0.1) is 4.92 Å². The predicted octanol–water partition coefficient (Wildman–Crippen LogP) is 2.52. The first-order chi connectivity index (χ1) is 12.9. The van der Waals surface area contributed by atoms with E-state index in [1.54, 1.807) is 0 Å². The number of carbonyl (C=O) groups is 2. The molecule has 3 N–H and O–H groups in total. The van der Waals surface area contributed by atoms with Crippen LogP contribution in [0.25, 0.3) is 0 Å². The Morgan fingerprint density at radius 2 is 1.81 bits per heavy atom. The van der Waals surface area contributed by atoms with Gasteiger partial charge in [-0.1, -0.05) is 41.9 Å². The van der Waals surface area contributed by atoms with Crippen molar-refractivity contribution in [3.8, 4) is 0 Å². The Hall–Kier alpha value is -3.04. The van der Waals surface area contributed by atoms with E-state index in [9.17, 15) is 19.7 Å².